The highest BCUT2D eigenvalue weighted by Gasteiger charge is 2.24. The van der Waals surface area contributed by atoms with Gasteiger partial charge in [0.15, 0.2) is 0 Å². The van der Waals surface area contributed by atoms with Crippen molar-refractivity contribution in [2.45, 2.75) is 45.6 Å². The Balaban J connectivity index is 0.000000169. The van der Waals surface area contributed by atoms with Crippen LogP contribution in [0.1, 0.15) is 44.1 Å². The fraction of sp³-hybridized carbons (Fsp3) is 0.636. The zero-order chi connectivity index (χ0) is 20.8. The number of ether oxygens (including phenoxy) is 1. The monoisotopic (exact) mass is 402 g/mol. The number of carbonyl (C=O) groups is 1. The number of morpholine rings is 1. The fourth-order valence-electron chi connectivity index (χ4n) is 4.08. The van der Waals surface area contributed by atoms with Gasteiger partial charge in [-0.1, -0.05) is 13.8 Å². The summed E-state index contributed by atoms with van der Waals surface area (Å²) in [7, 11) is 2.23. The lowest BCUT2D eigenvalue weighted by atomic mass is 10.0. The Hall–Kier alpha value is -1.96. The number of aromatic nitrogens is 1. The first-order chi connectivity index (χ1) is 14.0. The second-order valence-corrected chi connectivity index (χ2v) is 8.27. The average molecular weight is 403 g/mol. The Morgan fingerprint density at radius 1 is 1.24 bits per heavy atom. The summed E-state index contributed by atoms with van der Waals surface area (Å²) >= 11 is 0. The van der Waals surface area contributed by atoms with E-state index in [2.05, 4.69) is 27.1 Å². The molecule has 1 atom stereocenters. The smallest absolute Gasteiger partial charge is 0.228 e. The number of likely N-dealkylation sites (N-methyl/N-ethyl adjacent to an activating group) is 1. The maximum absolute atomic E-state index is 10.6. The third-order valence-corrected chi connectivity index (χ3v) is 5.61. The molecule has 4 heterocycles. The summed E-state index contributed by atoms with van der Waals surface area (Å²) in [6, 6.07) is 4.61. The molecule has 29 heavy (non-hydrogen) atoms. The SMILES string of the molecule is CN1CCCC(N2CCOCC2)C1.Cc1ccc2c(NC=O)c(C(C)C)oc2n1. The molecule has 160 valence electrons. The van der Waals surface area contributed by atoms with Gasteiger partial charge in [-0.3, -0.25) is 9.69 Å². The number of fused-ring (bicyclic) bond motifs is 1. The highest BCUT2D eigenvalue weighted by atomic mass is 16.5. The Morgan fingerprint density at radius 3 is 2.66 bits per heavy atom. The van der Waals surface area contributed by atoms with E-state index in [0.29, 0.717) is 12.1 Å². The van der Waals surface area contributed by atoms with Crippen LogP contribution in [0.15, 0.2) is 16.5 Å². The molecular weight excluding hydrogens is 368 g/mol. The van der Waals surface area contributed by atoms with Gasteiger partial charge in [-0.05, 0) is 45.5 Å². The molecular formula is C22H34N4O3. The van der Waals surface area contributed by atoms with Gasteiger partial charge in [0.25, 0.3) is 0 Å². The van der Waals surface area contributed by atoms with Crippen molar-refractivity contribution in [2.24, 2.45) is 0 Å². The van der Waals surface area contributed by atoms with Crippen LogP contribution in [0.25, 0.3) is 11.1 Å². The Bertz CT molecular complexity index is 799. The van der Waals surface area contributed by atoms with Crippen LogP contribution in [0.2, 0.25) is 0 Å². The van der Waals surface area contributed by atoms with E-state index in [0.717, 1.165) is 54.9 Å². The molecule has 1 amide bonds. The molecule has 0 aliphatic carbocycles. The number of anilines is 1. The largest absolute Gasteiger partial charge is 0.440 e. The molecule has 0 saturated carbocycles. The molecule has 7 nitrogen and oxygen atoms in total. The number of pyridine rings is 1. The molecule has 7 heteroatoms. The summed E-state index contributed by atoms with van der Waals surface area (Å²) in [6.45, 7) is 12.6. The normalized spacial score (nSPS) is 21.1. The van der Waals surface area contributed by atoms with Gasteiger partial charge >= 0.3 is 0 Å². The molecule has 0 spiro atoms. The number of rotatable bonds is 4. The van der Waals surface area contributed by atoms with Crippen LogP contribution in [0.3, 0.4) is 0 Å². The number of carbonyl (C=O) groups excluding carboxylic acids is 1. The van der Waals surface area contributed by atoms with E-state index in [9.17, 15) is 4.79 Å². The first kappa shape index (κ1) is 21.7. The molecule has 1 unspecified atom stereocenters. The average Bonchev–Trinajstić information content (AvgIpc) is 3.07. The predicted molar refractivity (Wildman–Crippen MR) is 115 cm³/mol. The lowest BCUT2D eigenvalue weighted by Gasteiger charge is -2.39. The van der Waals surface area contributed by atoms with Crippen molar-refractivity contribution in [3.05, 3.63) is 23.6 Å². The van der Waals surface area contributed by atoms with E-state index in [4.69, 9.17) is 9.15 Å². The minimum Gasteiger partial charge on any atom is -0.440 e. The van der Waals surface area contributed by atoms with Gasteiger partial charge < -0.3 is 19.4 Å². The summed E-state index contributed by atoms with van der Waals surface area (Å²) in [5.74, 6) is 0.970. The molecule has 2 aliphatic heterocycles. The van der Waals surface area contributed by atoms with Crippen LogP contribution in [0.5, 0.6) is 0 Å². The summed E-state index contributed by atoms with van der Waals surface area (Å²) in [5, 5.41) is 3.53. The lowest BCUT2D eigenvalue weighted by molar-refractivity contribution is -0.105. The fourth-order valence-corrected chi connectivity index (χ4v) is 4.08. The second kappa shape index (κ2) is 10.2. The van der Waals surface area contributed by atoms with Gasteiger partial charge in [0.2, 0.25) is 12.1 Å². The molecule has 0 radical (unpaired) electrons. The number of aryl methyl sites for hydroxylation is 1. The topological polar surface area (TPSA) is 70.8 Å². The number of furan rings is 1. The van der Waals surface area contributed by atoms with Crippen molar-refractivity contribution >= 4 is 23.2 Å². The molecule has 1 N–H and O–H groups in total. The first-order valence-corrected chi connectivity index (χ1v) is 10.6. The number of hydrogen-bond acceptors (Lipinski definition) is 6. The van der Waals surface area contributed by atoms with Crippen molar-refractivity contribution in [1.29, 1.82) is 0 Å². The number of likely N-dealkylation sites (tertiary alicyclic amines) is 1. The van der Waals surface area contributed by atoms with E-state index < -0.39 is 0 Å². The van der Waals surface area contributed by atoms with Gasteiger partial charge in [0, 0.05) is 37.3 Å². The Morgan fingerprint density at radius 2 is 2.00 bits per heavy atom. The molecule has 0 bridgehead atoms. The van der Waals surface area contributed by atoms with Crippen LogP contribution < -0.4 is 5.32 Å². The highest BCUT2D eigenvalue weighted by Crippen LogP contribution is 2.34. The number of piperidine rings is 1. The molecule has 0 aromatic carbocycles. The molecule has 2 saturated heterocycles. The zero-order valence-electron chi connectivity index (χ0n) is 18.1. The maximum Gasteiger partial charge on any atom is 0.228 e. The predicted octanol–water partition coefficient (Wildman–Crippen LogP) is 3.24. The van der Waals surface area contributed by atoms with Crippen LogP contribution >= 0.6 is 0 Å². The third-order valence-electron chi connectivity index (χ3n) is 5.61. The number of nitrogens with one attached hydrogen (secondary N) is 1. The Kier molecular flexibility index (Phi) is 7.64. The van der Waals surface area contributed by atoms with Crippen LogP contribution in [-0.4, -0.2) is 73.7 Å². The minimum absolute atomic E-state index is 0.206. The third kappa shape index (κ3) is 5.56. The van der Waals surface area contributed by atoms with E-state index in [-0.39, 0.29) is 5.92 Å². The molecule has 2 aromatic heterocycles. The van der Waals surface area contributed by atoms with Crippen molar-refractivity contribution in [2.75, 3.05) is 51.8 Å². The van der Waals surface area contributed by atoms with Gasteiger partial charge in [-0.25, -0.2) is 4.98 Å². The lowest BCUT2D eigenvalue weighted by Crippen LogP contribution is -2.50. The summed E-state index contributed by atoms with van der Waals surface area (Å²) < 4.78 is 11.0. The van der Waals surface area contributed by atoms with Crippen molar-refractivity contribution in [3.63, 3.8) is 0 Å². The van der Waals surface area contributed by atoms with Gasteiger partial charge in [-0.2, -0.15) is 0 Å². The molecule has 2 fully saturated rings. The van der Waals surface area contributed by atoms with E-state index in [1.807, 2.05) is 32.9 Å². The van der Waals surface area contributed by atoms with E-state index in [1.165, 1.54) is 25.9 Å². The van der Waals surface area contributed by atoms with Crippen molar-refractivity contribution in [3.8, 4) is 0 Å². The molecule has 4 rings (SSSR count). The van der Waals surface area contributed by atoms with E-state index >= 15 is 0 Å². The summed E-state index contributed by atoms with van der Waals surface area (Å²) in [6.07, 6.45) is 3.40. The van der Waals surface area contributed by atoms with Crippen molar-refractivity contribution in [1.82, 2.24) is 14.8 Å². The summed E-state index contributed by atoms with van der Waals surface area (Å²) in [5.41, 5.74) is 2.20. The number of amides is 1. The highest BCUT2D eigenvalue weighted by molar-refractivity contribution is 5.95. The Labute approximate surface area is 173 Å². The van der Waals surface area contributed by atoms with Gasteiger partial charge in [0.1, 0.15) is 5.76 Å². The first-order valence-electron chi connectivity index (χ1n) is 10.6. The van der Waals surface area contributed by atoms with Crippen LogP contribution in [0.4, 0.5) is 5.69 Å². The van der Waals surface area contributed by atoms with Crippen molar-refractivity contribution < 1.29 is 13.9 Å². The number of hydrogen-bond donors (Lipinski definition) is 1. The molecule has 2 aliphatic rings. The summed E-state index contributed by atoms with van der Waals surface area (Å²) in [4.78, 5) is 19.9. The second-order valence-electron chi connectivity index (χ2n) is 8.27. The van der Waals surface area contributed by atoms with Gasteiger partial charge in [-0.15, -0.1) is 0 Å². The zero-order valence-corrected chi connectivity index (χ0v) is 18.1. The van der Waals surface area contributed by atoms with E-state index in [1.54, 1.807) is 0 Å². The quantitative estimate of drug-likeness (QED) is 0.792. The standard InChI is InChI=1S/C12H14N2O2.C10H20N2O/c1-7(2)11-10(13-6-15)9-5-4-8(3)14-12(9)16-11;1-11-4-2-3-10(9-11)12-5-7-13-8-6-12/h4-7H,1-3H3,(H,13,15);10H,2-9H2,1H3. The van der Waals surface area contributed by atoms with Gasteiger partial charge in [0.05, 0.1) is 24.3 Å². The van der Waals surface area contributed by atoms with Crippen LogP contribution in [0, 0.1) is 6.92 Å². The number of nitrogens with zero attached hydrogens (tertiary/aromatic N) is 3. The maximum atomic E-state index is 10.6. The molecule has 2 aromatic rings. The van der Waals surface area contributed by atoms with Crippen LogP contribution in [-0.2, 0) is 9.53 Å². The minimum atomic E-state index is 0.206.